The van der Waals surface area contributed by atoms with Gasteiger partial charge in [0.2, 0.25) is 0 Å². The number of nitrogens with one attached hydrogen (secondary N) is 5. The van der Waals surface area contributed by atoms with Crippen molar-refractivity contribution in [3.8, 4) is 16.9 Å². The lowest BCUT2D eigenvalue weighted by atomic mass is 9.87. The molecule has 16 aromatic carbocycles. The minimum Gasteiger partial charge on any atom is -0.497 e. The van der Waals surface area contributed by atoms with Gasteiger partial charge < -0.3 is 31.3 Å². The predicted octanol–water partition coefficient (Wildman–Crippen LogP) is 26.4. The Bertz CT molecular complexity index is 5500. The summed E-state index contributed by atoms with van der Waals surface area (Å²) in [6, 6.07) is 130. The van der Waals surface area contributed by atoms with E-state index >= 15 is 0 Å². The van der Waals surface area contributed by atoms with E-state index in [0.29, 0.717) is 0 Å². The van der Waals surface area contributed by atoms with Crippen LogP contribution in [0.3, 0.4) is 0 Å². The van der Waals surface area contributed by atoms with Gasteiger partial charge in [0, 0.05) is 84.3 Å². The molecule has 5 N–H and O–H groups in total. The first-order chi connectivity index (χ1) is 49.6. The monoisotopic (exact) mass is 1310 g/mol. The number of rotatable bonds is 12. The quantitative estimate of drug-likeness (QED) is 0.0834. The third-order valence-corrected chi connectivity index (χ3v) is 17.6. The van der Waals surface area contributed by atoms with Gasteiger partial charge in [0.15, 0.2) is 0 Å². The molecule has 7 heteroatoms. The highest BCUT2D eigenvalue weighted by molar-refractivity contribution is 6.00. The van der Waals surface area contributed by atoms with Crippen LogP contribution >= 0.6 is 0 Å². The van der Waals surface area contributed by atoms with E-state index in [2.05, 4.69) is 362 Å². The van der Waals surface area contributed by atoms with Crippen LogP contribution in [-0.4, -0.2) is 12.1 Å². The molecule has 0 aliphatic rings. The fraction of sp³-hybridized carbons (Fsp3) is 0.0532. The maximum absolute atomic E-state index is 5.16. The molecule has 17 aromatic rings. The molecule has 0 aliphatic carbocycles. The summed E-state index contributed by atoms with van der Waals surface area (Å²) in [4.78, 5) is 4.27. The first kappa shape index (κ1) is 66.6. The number of ether oxygens (including phenoxy) is 1. The third kappa shape index (κ3) is 17.4. The molecule has 492 valence electrons. The van der Waals surface area contributed by atoms with Gasteiger partial charge in [0.1, 0.15) is 11.6 Å². The number of benzene rings is 16. The average Bonchev–Trinajstić information content (AvgIpc) is 0.868. The number of hydrogen-bond donors (Lipinski definition) is 5. The molecule has 0 atom stereocenters. The van der Waals surface area contributed by atoms with E-state index in [0.717, 1.165) is 62.8 Å². The van der Waals surface area contributed by atoms with Crippen molar-refractivity contribution in [2.45, 2.75) is 26.2 Å². The van der Waals surface area contributed by atoms with Gasteiger partial charge in [-0.2, -0.15) is 0 Å². The van der Waals surface area contributed by atoms with E-state index in [4.69, 9.17) is 4.74 Å². The summed E-state index contributed by atoms with van der Waals surface area (Å²) in [5.41, 5.74) is 14.0. The van der Waals surface area contributed by atoms with Crippen LogP contribution in [0.15, 0.2) is 382 Å². The first-order valence-electron chi connectivity index (χ1n) is 34.2. The molecule has 0 spiro atoms. The van der Waals surface area contributed by atoms with Gasteiger partial charge in [0.25, 0.3) is 0 Å². The summed E-state index contributed by atoms with van der Waals surface area (Å²) in [5, 5.41) is 32.3. The van der Waals surface area contributed by atoms with E-state index in [-0.39, 0.29) is 5.41 Å². The van der Waals surface area contributed by atoms with E-state index in [1.165, 1.54) is 81.3 Å². The molecule has 7 nitrogen and oxygen atoms in total. The van der Waals surface area contributed by atoms with Crippen LogP contribution in [0.4, 0.5) is 57.0 Å². The average molecular weight is 1310 g/mol. The molecule has 17 rings (SSSR count). The Morgan fingerprint density at radius 1 is 0.248 bits per heavy atom. The number of aromatic nitrogens is 1. The van der Waals surface area contributed by atoms with Crippen molar-refractivity contribution in [3.05, 3.63) is 388 Å². The summed E-state index contributed by atoms with van der Waals surface area (Å²) in [6.45, 7) is 6.71. The van der Waals surface area contributed by atoms with Crippen molar-refractivity contribution in [2.75, 3.05) is 33.7 Å². The number of fused-ring (bicyclic) bond motifs is 6. The van der Waals surface area contributed by atoms with Gasteiger partial charge in [-0.15, -0.1) is 0 Å². The highest BCUT2D eigenvalue weighted by Crippen LogP contribution is 2.34. The smallest absolute Gasteiger partial charge is 0.130 e. The van der Waals surface area contributed by atoms with E-state index < -0.39 is 0 Å². The van der Waals surface area contributed by atoms with Crippen LogP contribution in [0.5, 0.6) is 5.75 Å². The zero-order chi connectivity index (χ0) is 69.0. The molecule has 101 heavy (non-hydrogen) atoms. The molecule has 1 heterocycles. The Hall–Kier alpha value is -13.0. The van der Waals surface area contributed by atoms with E-state index in [9.17, 15) is 0 Å². The molecule has 0 saturated heterocycles. The molecule has 0 unspecified atom stereocenters. The summed E-state index contributed by atoms with van der Waals surface area (Å²) in [7, 11) is 1.67. The van der Waals surface area contributed by atoms with Crippen LogP contribution in [-0.2, 0) is 5.41 Å². The molecule has 0 saturated carbocycles. The molecular formula is C94H80N6O. The zero-order valence-electron chi connectivity index (χ0n) is 57.2. The number of anilines is 10. The summed E-state index contributed by atoms with van der Waals surface area (Å²) >= 11 is 0. The third-order valence-electron chi connectivity index (χ3n) is 17.6. The van der Waals surface area contributed by atoms with E-state index in [1.807, 2.05) is 66.7 Å². The molecule has 0 aliphatic heterocycles. The topological polar surface area (TPSA) is 82.3 Å². The number of methoxy groups -OCH3 is 1. The zero-order valence-corrected chi connectivity index (χ0v) is 57.2. The highest BCUT2D eigenvalue weighted by atomic mass is 16.5. The fourth-order valence-electron chi connectivity index (χ4n) is 12.2. The van der Waals surface area contributed by atoms with Gasteiger partial charge in [-0.25, -0.2) is 4.98 Å². The fourth-order valence-corrected chi connectivity index (χ4v) is 12.2. The minimum absolute atomic E-state index is 0.192. The second-order valence-corrected chi connectivity index (χ2v) is 25.5. The molecule has 1 aromatic heterocycles. The van der Waals surface area contributed by atoms with Crippen LogP contribution in [0.25, 0.3) is 75.8 Å². The predicted molar refractivity (Wildman–Crippen MR) is 434 cm³/mol. The van der Waals surface area contributed by atoms with Crippen molar-refractivity contribution in [2.24, 2.45) is 0 Å². The largest absolute Gasteiger partial charge is 0.497 e. The lowest BCUT2D eigenvalue weighted by Crippen LogP contribution is -2.10. The Morgan fingerprint density at radius 3 is 0.960 bits per heavy atom. The van der Waals surface area contributed by atoms with Crippen LogP contribution in [0, 0.1) is 0 Å². The maximum Gasteiger partial charge on any atom is 0.130 e. The van der Waals surface area contributed by atoms with Crippen molar-refractivity contribution in [1.29, 1.82) is 0 Å². The highest BCUT2D eigenvalue weighted by Gasteiger charge is 2.13. The molecule has 0 fully saturated rings. The Balaban J connectivity index is 0.000000113. The van der Waals surface area contributed by atoms with Gasteiger partial charge in [0.05, 0.1) is 7.11 Å². The number of hydrogen-bond acceptors (Lipinski definition) is 7. The Kier molecular flexibility index (Phi) is 21.4. The van der Waals surface area contributed by atoms with Gasteiger partial charge in [-0.1, -0.05) is 294 Å². The van der Waals surface area contributed by atoms with Crippen molar-refractivity contribution >= 4 is 122 Å². The normalized spacial score (nSPS) is 10.8. The Morgan fingerprint density at radius 2 is 0.564 bits per heavy atom. The van der Waals surface area contributed by atoms with Crippen molar-refractivity contribution < 1.29 is 4.74 Å². The van der Waals surface area contributed by atoms with Crippen LogP contribution < -0.4 is 31.3 Å². The van der Waals surface area contributed by atoms with Gasteiger partial charge in [-0.05, 0) is 163 Å². The minimum atomic E-state index is 0.192. The lowest BCUT2D eigenvalue weighted by molar-refractivity contribution is 0.415. The van der Waals surface area contributed by atoms with E-state index in [1.54, 1.807) is 13.3 Å². The Labute approximate surface area is 592 Å². The van der Waals surface area contributed by atoms with Crippen molar-refractivity contribution in [3.63, 3.8) is 0 Å². The second-order valence-electron chi connectivity index (χ2n) is 25.5. The molecule has 0 bridgehead atoms. The SMILES string of the molecule is CC(C)(C)c1ccc(Nc2cccc3ccccc23)cc1.COc1ccc(Nc2cccc3ccccc23)cc1.c1ccc(-c2ccc(Nc3cccc4ccccc34)cc2)cc1.c1ccc(Nc2cccc3ccccc23)nc1.c1ccc2cc(Nc3cccc4ccccc34)ccc2c1. The summed E-state index contributed by atoms with van der Waals surface area (Å²) < 4.78 is 5.16. The summed E-state index contributed by atoms with van der Waals surface area (Å²) in [5.74, 6) is 1.73. The maximum atomic E-state index is 5.16. The van der Waals surface area contributed by atoms with Crippen LogP contribution in [0.1, 0.15) is 26.3 Å². The number of nitrogens with zero attached hydrogens (tertiary/aromatic N) is 1. The molecular weight excluding hydrogens is 1230 g/mol. The van der Waals surface area contributed by atoms with Crippen molar-refractivity contribution in [1.82, 2.24) is 4.98 Å². The van der Waals surface area contributed by atoms with Gasteiger partial charge in [-0.3, -0.25) is 0 Å². The standard InChI is InChI=1S/C22H17N.C20H15N.C20H21N.C17H15NO.C15H12N2/c1-2-7-17(8-3-1)18-13-15-20(16-14-18)23-22-12-6-10-19-9-4-5-11-21(19)22;1-2-8-17-14-18(13-12-15(17)6-1)21-20-11-5-9-16-7-3-4-10-19(16)20;1-20(2,3)16-11-13-17(14-12-16)21-19-10-6-8-15-7-4-5-9-18(15)19;1-19-15-11-9-14(10-12-15)18-17-8-4-6-13-5-2-3-7-16(13)17;1-2-8-13-12(6-1)7-5-9-14(13)17-15-10-3-4-11-16-15/h1-16,23H;1-14,21H;4-14,21H,1-3H3;2-12,18H,1H3;1-11H,(H,16,17). The second kappa shape index (κ2) is 32.4. The molecule has 0 amide bonds. The summed E-state index contributed by atoms with van der Waals surface area (Å²) in [6.07, 6.45) is 1.79. The number of pyridine rings is 1. The lowest BCUT2D eigenvalue weighted by Gasteiger charge is -2.19. The van der Waals surface area contributed by atoms with Crippen LogP contribution in [0.2, 0.25) is 0 Å². The van der Waals surface area contributed by atoms with Gasteiger partial charge >= 0.3 is 0 Å². The molecule has 0 radical (unpaired) electrons. The first-order valence-corrected chi connectivity index (χ1v) is 34.2.